The summed E-state index contributed by atoms with van der Waals surface area (Å²) < 4.78 is 2.65. The minimum absolute atomic E-state index is 1.10. The van der Waals surface area contributed by atoms with E-state index in [4.69, 9.17) is 0 Å². The molecule has 0 N–H and O–H groups in total. The van der Waals surface area contributed by atoms with Gasteiger partial charge in [-0.25, -0.2) is 0 Å². The van der Waals surface area contributed by atoms with Gasteiger partial charge in [-0.2, -0.15) is 0 Å². The fourth-order valence-corrected chi connectivity index (χ4v) is 9.78. The number of para-hydroxylation sites is 1. The molecule has 56 heavy (non-hydrogen) atoms. The van der Waals surface area contributed by atoms with E-state index in [1.807, 2.05) is 11.3 Å². The van der Waals surface area contributed by atoms with Crippen molar-refractivity contribution in [2.45, 2.75) is 0 Å². The topological polar surface area (TPSA) is 3.24 Å². The number of thiophene rings is 1. The fraction of sp³-hybridized carbons (Fsp3) is 0. The first kappa shape index (κ1) is 32.4. The van der Waals surface area contributed by atoms with E-state index in [1.54, 1.807) is 0 Å². The molecule has 1 aromatic heterocycles. The van der Waals surface area contributed by atoms with E-state index in [1.165, 1.54) is 85.9 Å². The smallest absolute Gasteiger partial charge is 0.0540 e. The van der Waals surface area contributed by atoms with Gasteiger partial charge in [-0.05, 0) is 109 Å². The van der Waals surface area contributed by atoms with Crippen molar-refractivity contribution in [1.29, 1.82) is 0 Å². The summed E-state index contributed by atoms with van der Waals surface area (Å²) in [4.78, 5) is 2.42. The van der Waals surface area contributed by atoms with E-state index in [0.717, 1.165) is 17.1 Å². The molecule has 1 heterocycles. The molecule has 0 fully saturated rings. The summed E-state index contributed by atoms with van der Waals surface area (Å²) in [6.07, 6.45) is 0. The highest BCUT2D eigenvalue weighted by atomic mass is 32.1. The van der Waals surface area contributed by atoms with Crippen LogP contribution in [0.1, 0.15) is 0 Å². The second kappa shape index (κ2) is 13.4. The molecule has 11 aromatic rings. The molecule has 0 unspecified atom stereocenters. The molecule has 0 aliphatic rings. The average Bonchev–Trinajstić information content (AvgIpc) is 3.66. The first-order valence-corrected chi connectivity index (χ1v) is 20.0. The second-order valence-electron chi connectivity index (χ2n) is 14.5. The van der Waals surface area contributed by atoms with Crippen LogP contribution in [0.4, 0.5) is 17.1 Å². The quantitative estimate of drug-likeness (QED) is 0.154. The lowest BCUT2D eigenvalue weighted by Gasteiger charge is -2.28. The molecule has 10 aromatic carbocycles. The van der Waals surface area contributed by atoms with Gasteiger partial charge in [0.25, 0.3) is 0 Å². The van der Waals surface area contributed by atoms with Gasteiger partial charge in [0.05, 0.1) is 5.69 Å². The molecule has 0 saturated carbocycles. The SMILES string of the molecule is c1ccc(N(c2ccc(-c3ccc4ccccc4c3)cc2)c2ccc(-c3cccc4c3sc3ccccc34)cc2)c(-c2cc3ccccc3c3ccccc23)c1. The highest BCUT2D eigenvalue weighted by Gasteiger charge is 2.20. The van der Waals surface area contributed by atoms with Crippen LogP contribution in [0.3, 0.4) is 0 Å². The highest BCUT2D eigenvalue weighted by molar-refractivity contribution is 7.26. The lowest BCUT2D eigenvalue weighted by Crippen LogP contribution is -2.11. The van der Waals surface area contributed by atoms with Crippen molar-refractivity contribution in [3.63, 3.8) is 0 Å². The van der Waals surface area contributed by atoms with Gasteiger partial charge in [0.1, 0.15) is 0 Å². The molecule has 0 aliphatic carbocycles. The van der Waals surface area contributed by atoms with Gasteiger partial charge in [-0.3, -0.25) is 0 Å². The van der Waals surface area contributed by atoms with Crippen molar-refractivity contribution in [2.75, 3.05) is 4.90 Å². The van der Waals surface area contributed by atoms with Crippen LogP contribution in [-0.4, -0.2) is 0 Å². The number of benzene rings is 10. The van der Waals surface area contributed by atoms with E-state index < -0.39 is 0 Å². The first-order valence-electron chi connectivity index (χ1n) is 19.2. The maximum absolute atomic E-state index is 2.42. The molecule has 0 saturated heterocycles. The third-order valence-corrected chi connectivity index (χ3v) is 12.5. The Hall–Kier alpha value is -7.00. The van der Waals surface area contributed by atoms with Crippen molar-refractivity contribution in [2.24, 2.45) is 0 Å². The van der Waals surface area contributed by atoms with Gasteiger partial charge in [-0.1, -0.05) is 164 Å². The molecule has 0 atom stereocenters. The van der Waals surface area contributed by atoms with Crippen LogP contribution in [0.2, 0.25) is 0 Å². The molecule has 0 bridgehead atoms. The Labute approximate surface area is 330 Å². The number of fused-ring (bicyclic) bond motifs is 7. The van der Waals surface area contributed by atoms with Crippen molar-refractivity contribution in [1.82, 2.24) is 0 Å². The number of nitrogens with zero attached hydrogens (tertiary/aromatic N) is 1. The maximum Gasteiger partial charge on any atom is 0.0540 e. The standard InChI is InChI=1S/C54H35NS/c1-2-13-39-34-40(25-24-36(39)12-1)37-26-30-42(31-27-37)55(43-32-28-38(29-33-43)45-20-11-21-50-49-19-8-10-23-53(49)56-54(45)50)52-22-9-7-18-48(52)51-35-41-14-3-4-15-44(41)46-16-5-6-17-47(46)51/h1-35H. The van der Waals surface area contributed by atoms with Crippen LogP contribution in [0, 0.1) is 0 Å². The van der Waals surface area contributed by atoms with Gasteiger partial charge < -0.3 is 4.90 Å². The van der Waals surface area contributed by atoms with Gasteiger partial charge in [-0.15, -0.1) is 11.3 Å². The Morgan fingerprint density at radius 3 is 1.68 bits per heavy atom. The van der Waals surface area contributed by atoms with E-state index in [-0.39, 0.29) is 0 Å². The van der Waals surface area contributed by atoms with Crippen LogP contribution >= 0.6 is 11.3 Å². The first-order chi connectivity index (χ1) is 27.8. The molecule has 0 aliphatic heterocycles. The Balaban J connectivity index is 1.08. The predicted molar refractivity (Wildman–Crippen MR) is 243 cm³/mol. The molecule has 0 spiro atoms. The highest BCUT2D eigenvalue weighted by Crippen LogP contribution is 2.46. The number of hydrogen-bond donors (Lipinski definition) is 0. The summed E-state index contributed by atoms with van der Waals surface area (Å²) in [5.41, 5.74) is 10.6. The molecule has 1 nitrogen and oxygen atoms in total. The lowest BCUT2D eigenvalue weighted by atomic mass is 9.92. The fourth-order valence-electron chi connectivity index (χ4n) is 8.54. The minimum Gasteiger partial charge on any atom is -0.310 e. The van der Waals surface area contributed by atoms with Crippen molar-refractivity contribution in [3.05, 3.63) is 212 Å². The van der Waals surface area contributed by atoms with E-state index in [9.17, 15) is 0 Å². The van der Waals surface area contributed by atoms with Gasteiger partial charge in [0.2, 0.25) is 0 Å². The summed E-state index contributed by atoms with van der Waals surface area (Å²) in [5, 5.41) is 10.2. The van der Waals surface area contributed by atoms with E-state index >= 15 is 0 Å². The molecule has 11 rings (SSSR count). The largest absolute Gasteiger partial charge is 0.310 e. The van der Waals surface area contributed by atoms with Crippen molar-refractivity contribution >= 4 is 80.9 Å². The van der Waals surface area contributed by atoms with Crippen molar-refractivity contribution in [3.8, 4) is 33.4 Å². The van der Waals surface area contributed by atoms with E-state index in [0.29, 0.717) is 0 Å². The third kappa shape index (κ3) is 5.46. The summed E-state index contributed by atoms with van der Waals surface area (Å²) in [6, 6.07) is 77.7. The Morgan fingerprint density at radius 2 is 0.875 bits per heavy atom. The second-order valence-corrected chi connectivity index (χ2v) is 15.5. The predicted octanol–water partition coefficient (Wildman–Crippen LogP) is 16.0. The third-order valence-electron chi connectivity index (χ3n) is 11.3. The van der Waals surface area contributed by atoms with Crippen LogP contribution in [-0.2, 0) is 0 Å². The molecule has 262 valence electrons. The summed E-state index contributed by atoms with van der Waals surface area (Å²) in [6.45, 7) is 0. The zero-order valence-electron chi connectivity index (χ0n) is 30.6. The van der Waals surface area contributed by atoms with Crippen LogP contribution in [0.5, 0.6) is 0 Å². The zero-order chi connectivity index (χ0) is 37.0. The number of rotatable bonds is 6. The van der Waals surface area contributed by atoms with Gasteiger partial charge in [0, 0.05) is 37.1 Å². The summed E-state index contributed by atoms with van der Waals surface area (Å²) in [7, 11) is 0. The monoisotopic (exact) mass is 729 g/mol. The summed E-state index contributed by atoms with van der Waals surface area (Å²) in [5.74, 6) is 0. The normalized spacial score (nSPS) is 11.6. The average molecular weight is 730 g/mol. The van der Waals surface area contributed by atoms with E-state index in [2.05, 4.69) is 217 Å². The van der Waals surface area contributed by atoms with Crippen LogP contribution in [0.15, 0.2) is 212 Å². The summed E-state index contributed by atoms with van der Waals surface area (Å²) >= 11 is 1.88. The molecule has 2 heteroatoms. The van der Waals surface area contributed by atoms with Gasteiger partial charge in [0.15, 0.2) is 0 Å². The Kier molecular flexibility index (Phi) is 7.75. The van der Waals surface area contributed by atoms with Crippen molar-refractivity contribution < 1.29 is 0 Å². The minimum atomic E-state index is 1.10. The Morgan fingerprint density at radius 1 is 0.304 bits per heavy atom. The maximum atomic E-state index is 2.42. The zero-order valence-corrected chi connectivity index (χ0v) is 31.4. The Bertz CT molecular complexity index is 3250. The lowest BCUT2D eigenvalue weighted by molar-refractivity contribution is 1.28. The molecular weight excluding hydrogens is 695 g/mol. The number of hydrogen-bond acceptors (Lipinski definition) is 2. The molecule has 0 radical (unpaired) electrons. The van der Waals surface area contributed by atoms with Crippen LogP contribution in [0.25, 0.3) is 85.9 Å². The molecular formula is C54H35NS. The van der Waals surface area contributed by atoms with Crippen LogP contribution < -0.4 is 4.90 Å². The van der Waals surface area contributed by atoms with Gasteiger partial charge >= 0.3 is 0 Å². The molecule has 0 amide bonds. The number of anilines is 3.